The van der Waals surface area contributed by atoms with Crippen molar-refractivity contribution in [3.63, 3.8) is 0 Å². The van der Waals surface area contributed by atoms with E-state index >= 15 is 0 Å². The van der Waals surface area contributed by atoms with Gasteiger partial charge in [-0.25, -0.2) is 9.24 Å². The van der Waals surface area contributed by atoms with E-state index in [0.29, 0.717) is 11.4 Å². The van der Waals surface area contributed by atoms with Crippen molar-refractivity contribution in [2.75, 3.05) is 6.54 Å². The van der Waals surface area contributed by atoms with Gasteiger partial charge >= 0.3 is 12.1 Å². The van der Waals surface area contributed by atoms with Gasteiger partial charge in [-0.05, 0) is 17.7 Å². The molecule has 1 aromatic carbocycles. The Morgan fingerprint density at radius 2 is 1.80 bits per heavy atom. The molecule has 5 nitrogen and oxygen atoms in total. The van der Waals surface area contributed by atoms with Crippen LogP contribution in [0.4, 0.5) is 23.2 Å². The number of amides is 1. The van der Waals surface area contributed by atoms with Gasteiger partial charge in [-0.15, -0.1) is 0 Å². The molecule has 0 radical (unpaired) electrons. The average Bonchev–Trinajstić information content (AvgIpc) is 2.58. The molecule has 9 heteroatoms. The molecule has 0 aliphatic carbocycles. The minimum absolute atomic E-state index is 0.113. The Morgan fingerprint density at radius 1 is 1.20 bits per heavy atom. The van der Waals surface area contributed by atoms with Crippen LogP contribution >= 0.6 is 0 Å². The van der Waals surface area contributed by atoms with Gasteiger partial charge < -0.3 is 5.32 Å². The van der Waals surface area contributed by atoms with E-state index in [1.807, 2.05) is 5.32 Å². The zero-order valence-electron chi connectivity index (χ0n) is 12.7. The Balaban J connectivity index is 2.17. The summed E-state index contributed by atoms with van der Waals surface area (Å²) in [7, 11) is 0. The third kappa shape index (κ3) is 5.24. The number of halogens is 4. The number of benzene rings is 1. The van der Waals surface area contributed by atoms with E-state index in [-0.39, 0.29) is 18.7 Å². The van der Waals surface area contributed by atoms with Gasteiger partial charge in [-0.1, -0.05) is 12.1 Å². The van der Waals surface area contributed by atoms with Crippen molar-refractivity contribution in [1.82, 2.24) is 15.3 Å². The van der Waals surface area contributed by atoms with Crippen LogP contribution in [0.3, 0.4) is 0 Å². The van der Waals surface area contributed by atoms with E-state index in [1.165, 1.54) is 36.7 Å². The first-order chi connectivity index (χ1) is 11.8. The maximum atomic E-state index is 13.1. The summed E-state index contributed by atoms with van der Waals surface area (Å²) in [5.74, 6) is -2.84. The highest BCUT2D eigenvalue weighted by molar-refractivity contribution is 5.81. The van der Waals surface area contributed by atoms with Gasteiger partial charge in [-0.2, -0.15) is 13.2 Å². The van der Waals surface area contributed by atoms with E-state index in [4.69, 9.17) is 6.57 Å². The Labute approximate surface area is 140 Å². The zero-order valence-corrected chi connectivity index (χ0v) is 12.7. The maximum Gasteiger partial charge on any atom is 0.471 e. The lowest BCUT2D eigenvalue weighted by Crippen LogP contribution is -2.39. The van der Waals surface area contributed by atoms with Crippen LogP contribution in [0, 0.1) is 12.4 Å². The maximum absolute atomic E-state index is 13.1. The van der Waals surface area contributed by atoms with E-state index in [1.54, 1.807) is 0 Å². The minimum atomic E-state index is -4.98. The van der Waals surface area contributed by atoms with Crippen molar-refractivity contribution in [1.29, 1.82) is 0 Å². The topological polar surface area (TPSA) is 59.2 Å². The lowest BCUT2D eigenvalue weighted by Gasteiger charge is -2.18. The van der Waals surface area contributed by atoms with Crippen LogP contribution in [0.15, 0.2) is 36.7 Å². The van der Waals surface area contributed by atoms with Crippen LogP contribution < -0.4 is 5.32 Å². The normalized spacial score (nSPS) is 12.3. The number of carbonyl (C=O) groups excluding carboxylic acids is 1. The quantitative estimate of drug-likeness (QED) is 0.664. The highest BCUT2D eigenvalue weighted by Crippen LogP contribution is 2.21. The number of aromatic nitrogens is 2. The van der Waals surface area contributed by atoms with Crippen LogP contribution in [0.2, 0.25) is 0 Å². The number of rotatable bonds is 5. The second-order valence-electron chi connectivity index (χ2n) is 5.13. The van der Waals surface area contributed by atoms with Crippen molar-refractivity contribution in [3.05, 3.63) is 65.3 Å². The van der Waals surface area contributed by atoms with Gasteiger partial charge in [0.2, 0.25) is 5.69 Å². The molecular weight excluding hydrogens is 340 g/mol. The first-order valence-corrected chi connectivity index (χ1v) is 7.08. The number of carbonyl (C=O) groups is 1. The molecule has 1 atom stereocenters. The summed E-state index contributed by atoms with van der Waals surface area (Å²) < 4.78 is 50.1. The van der Waals surface area contributed by atoms with Crippen molar-refractivity contribution in [3.8, 4) is 0 Å². The first kappa shape index (κ1) is 18.3. The minimum Gasteiger partial charge on any atom is -0.348 e. The summed E-state index contributed by atoms with van der Waals surface area (Å²) in [5, 5.41) is 1.82. The predicted octanol–water partition coefficient (Wildman–Crippen LogP) is 3.17. The van der Waals surface area contributed by atoms with Crippen molar-refractivity contribution < 1.29 is 22.4 Å². The average molecular weight is 352 g/mol. The van der Waals surface area contributed by atoms with Gasteiger partial charge in [0.25, 0.3) is 0 Å². The molecule has 0 aliphatic rings. The molecule has 1 heterocycles. The SMILES string of the molecule is [C-]#[N+]c1cnc(CC(CNC(=O)C(F)(F)F)c2ccc(F)cc2)nc1. The fraction of sp³-hybridized carbons (Fsp3) is 0.250. The summed E-state index contributed by atoms with van der Waals surface area (Å²) in [4.78, 5) is 22.1. The Bertz CT molecular complexity index is 767. The number of hydrogen-bond donors (Lipinski definition) is 1. The number of hydrogen-bond acceptors (Lipinski definition) is 3. The highest BCUT2D eigenvalue weighted by Gasteiger charge is 2.38. The van der Waals surface area contributed by atoms with Gasteiger partial charge in [0.05, 0.1) is 6.57 Å². The van der Waals surface area contributed by atoms with Crippen molar-refractivity contribution in [2.45, 2.75) is 18.5 Å². The molecule has 0 bridgehead atoms. The Morgan fingerprint density at radius 3 is 2.32 bits per heavy atom. The number of alkyl halides is 3. The van der Waals surface area contributed by atoms with Gasteiger partial charge in [-0.3, -0.25) is 14.8 Å². The fourth-order valence-electron chi connectivity index (χ4n) is 2.09. The molecule has 130 valence electrons. The lowest BCUT2D eigenvalue weighted by molar-refractivity contribution is -0.173. The third-order valence-corrected chi connectivity index (χ3v) is 3.36. The second kappa shape index (κ2) is 7.70. The van der Waals surface area contributed by atoms with Gasteiger partial charge in [0.15, 0.2) is 0 Å². The Kier molecular flexibility index (Phi) is 5.64. The molecule has 1 N–H and O–H groups in total. The molecule has 1 aromatic heterocycles. The van der Waals surface area contributed by atoms with Crippen LogP contribution in [0.1, 0.15) is 17.3 Å². The molecule has 0 saturated carbocycles. The summed E-state index contributed by atoms with van der Waals surface area (Å²) in [5.41, 5.74) is 0.759. The van der Waals surface area contributed by atoms with E-state index in [2.05, 4.69) is 14.8 Å². The molecule has 1 amide bonds. The lowest BCUT2D eigenvalue weighted by atomic mass is 9.95. The zero-order chi connectivity index (χ0) is 18.4. The highest BCUT2D eigenvalue weighted by atomic mass is 19.4. The summed E-state index contributed by atoms with van der Waals surface area (Å²) in [6, 6.07) is 5.20. The monoisotopic (exact) mass is 352 g/mol. The van der Waals surface area contributed by atoms with Gasteiger partial charge in [0.1, 0.15) is 11.6 Å². The molecule has 25 heavy (non-hydrogen) atoms. The molecule has 0 aliphatic heterocycles. The summed E-state index contributed by atoms with van der Waals surface area (Å²) >= 11 is 0. The third-order valence-electron chi connectivity index (χ3n) is 3.36. The van der Waals surface area contributed by atoms with Crippen LogP contribution in [-0.4, -0.2) is 28.6 Å². The second-order valence-corrected chi connectivity index (χ2v) is 5.13. The smallest absolute Gasteiger partial charge is 0.348 e. The molecule has 2 aromatic rings. The number of nitrogens with one attached hydrogen (secondary N) is 1. The standard InChI is InChI=1S/C16H12F4N4O/c1-21-13-8-22-14(23-9-13)6-11(7-24-15(25)16(18,19)20)10-2-4-12(17)5-3-10/h2-5,8-9,11H,6-7H2,(H,24,25). The van der Waals surface area contributed by atoms with Gasteiger partial charge in [0, 0.05) is 31.3 Å². The molecule has 0 saturated heterocycles. The van der Waals surface area contributed by atoms with E-state index < -0.39 is 23.8 Å². The predicted molar refractivity (Wildman–Crippen MR) is 80.2 cm³/mol. The Hall–Kier alpha value is -3.02. The van der Waals surface area contributed by atoms with E-state index in [0.717, 1.165) is 0 Å². The molecule has 2 rings (SSSR count). The first-order valence-electron chi connectivity index (χ1n) is 7.08. The fourth-order valence-corrected chi connectivity index (χ4v) is 2.09. The summed E-state index contributed by atoms with van der Waals surface area (Å²) in [6.45, 7) is 6.52. The van der Waals surface area contributed by atoms with Crippen LogP contribution in [0.25, 0.3) is 4.85 Å². The van der Waals surface area contributed by atoms with Crippen LogP contribution in [0.5, 0.6) is 0 Å². The van der Waals surface area contributed by atoms with Crippen molar-refractivity contribution >= 4 is 11.6 Å². The molecular formula is C16H12F4N4O. The molecule has 0 spiro atoms. The van der Waals surface area contributed by atoms with Crippen molar-refractivity contribution in [2.24, 2.45) is 0 Å². The molecule has 1 unspecified atom stereocenters. The van der Waals surface area contributed by atoms with Crippen LogP contribution in [-0.2, 0) is 11.2 Å². The number of nitrogens with zero attached hydrogens (tertiary/aromatic N) is 3. The molecule has 0 fully saturated rings. The van der Waals surface area contributed by atoms with E-state index in [9.17, 15) is 22.4 Å². The largest absolute Gasteiger partial charge is 0.471 e. The summed E-state index contributed by atoms with van der Waals surface area (Å²) in [6.07, 6.45) is -2.28.